The van der Waals surface area contributed by atoms with Crippen LogP contribution in [-0.4, -0.2) is 14.4 Å². The van der Waals surface area contributed by atoms with E-state index < -0.39 is 10.8 Å². The van der Waals surface area contributed by atoms with Crippen LogP contribution in [0.2, 0.25) is 0 Å². The summed E-state index contributed by atoms with van der Waals surface area (Å²) in [5, 5.41) is 0.963. The first-order chi connectivity index (χ1) is 11.7. The molecule has 0 bridgehead atoms. The van der Waals surface area contributed by atoms with Crippen LogP contribution in [0.25, 0.3) is 16.5 Å². The summed E-state index contributed by atoms with van der Waals surface area (Å²) < 4.78 is 13.0. The number of rotatable bonds is 3. The van der Waals surface area contributed by atoms with Crippen molar-refractivity contribution in [1.82, 2.24) is 4.98 Å². The van der Waals surface area contributed by atoms with Crippen molar-refractivity contribution in [3.63, 3.8) is 0 Å². The first kappa shape index (κ1) is 15.0. The van der Waals surface area contributed by atoms with Crippen LogP contribution in [0.1, 0.15) is 11.3 Å². The third-order valence-corrected chi connectivity index (χ3v) is 5.86. The standard InChI is InChI=1S/C21H17NOS/c1-15-9-12-17(13-10-15)24(23)21-8-4-6-18(21)20-14-11-16-5-2-3-7-19(16)22-20/h2-14,21H,1H3. The number of pyridine rings is 1. The second kappa shape index (κ2) is 6.17. The van der Waals surface area contributed by atoms with Crippen molar-refractivity contribution in [3.8, 4) is 0 Å². The third kappa shape index (κ3) is 2.72. The monoisotopic (exact) mass is 331 g/mol. The Morgan fingerprint density at radius 1 is 0.958 bits per heavy atom. The van der Waals surface area contributed by atoms with Crippen LogP contribution in [0.15, 0.2) is 83.8 Å². The molecule has 0 saturated heterocycles. The smallest absolute Gasteiger partial charge is 0.0848 e. The highest BCUT2D eigenvalue weighted by Gasteiger charge is 2.24. The molecule has 0 N–H and O–H groups in total. The topological polar surface area (TPSA) is 30.0 Å². The minimum absolute atomic E-state index is 0.152. The number of para-hydroxylation sites is 1. The first-order valence-electron chi connectivity index (χ1n) is 7.94. The number of fused-ring (bicyclic) bond motifs is 1. The van der Waals surface area contributed by atoms with Gasteiger partial charge in [-0.2, -0.15) is 0 Å². The zero-order valence-electron chi connectivity index (χ0n) is 13.3. The number of hydrogen-bond donors (Lipinski definition) is 0. The minimum Gasteiger partial charge on any atom is -0.253 e. The molecule has 0 amide bonds. The molecule has 24 heavy (non-hydrogen) atoms. The van der Waals surface area contributed by atoms with Gasteiger partial charge in [-0.3, -0.25) is 4.21 Å². The first-order valence-corrected chi connectivity index (χ1v) is 9.15. The Morgan fingerprint density at radius 3 is 2.58 bits per heavy atom. The van der Waals surface area contributed by atoms with Gasteiger partial charge in [0.1, 0.15) is 0 Å². The predicted molar refractivity (Wildman–Crippen MR) is 100 cm³/mol. The van der Waals surface area contributed by atoms with Gasteiger partial charge >= 0.3 is 0 Å². The summed E-state index contributed by atoms with van der Waals surface area (Å²) >= 11 is 0. The van der Waals surface area contributed by atoms with Gasteiger partial charge in [-0.05, 0) is 36.8 Å². The Hall–Kier alpha value is -2.52. The molecule has 2 atom stereocenters. The SMILES string of the molecule is Cc1ccc(S(=O)C2C=CC=C2c2ccc3ccccc3n2)cc1. The Bertz CT molecular complexity index is 986. The largest absolute Gasteiger partial charge is 0.253 e. The summed E-state index contributed by atoms with van der Waals surface area (Å²) in [5.74, 6) is 0. The van der Waals surface area contributed by atoms with E-state index in [4.69, 9.17) is 4.98 Å². The van der Waals surface area contributed by atoms with Gasteiger partial charge < -0.3 is 0 Å². The highest BCUT2D eigenvalue weighted by molar-refractivity contribution is 7.86. The molecule has 2 aromatic carbocycles. The maximum absolute atomic E-state index is 13.0. The van der Waals surface area contributed by atoms with Crippen LogP contribution in [0.3, 0.4) is 0 Å². The van der Waals surface area contributed by atoms with Crippen molar-refractivity contribution in [3.05, 3.63) is 90.1 Å². The number of benzene rings is 2. The maximum Gasteiger partial charge on any atom is 0.0848 e. The van der Waals surface area contributed by atoms with E-state index in [9.17, 15) is 4.21 Å². The molecular weight excluding hydrogens is 314 g/mol. The number of aromatic nitrogens is 1. The van der Waals surface area contributed by atoms with Crippen molar-refractivity contribution < 1.29 is 4.21 Å². The lowest BCUT2D eigenvalue weighted by molar-refractivity contribution is 0.682. The van der Waals surface area contributed by atoms with Gasteiger partial charge in [0.05, 0.1) is 27.3 Å². The lowest BCUT2D eigenvalue weighted by atomic mass is 10.1. The number of hydrogen-bond acceptors (Lipinski definition) is 2. The van der Waals surface area contributed by atoms with Crippen molar-refractivity contribution in [2.24, 2.45) is 0 Å². The third-order valence-electron chi connectivity index (χ3n) is 4.25. The Balaban J connectivity index is 1.69. The summed E-state index contributed by atoms with van der Waals surface area (Å²) in [6, 6.07) is 20.0. The summed E-state index contributed by atoms with van der Waals surface area (Å²) in [4.78, 5) is 5.61. The van der Waals surface area contributed by atoms with Gasteiger partial charge in [-0.15, -0.1) is 0 Å². The van der Waals surface area contributed by atoms with Crippen molar-refractivity contribution in [1.29, 1.82) is 0 Å². The molecule has 0 spiro atoms. The van der Waals surface area contributed by atoms with E-state index in [1.165, 1.54) is 5.56 Å². The molecule has 3 heteroatoms. The Labute approximate surface area is 144 Å². The molecule has 0 aliphatic heterocycles. The average molecular weight is 331 g/mol. The minimum atomic E-state index is -1.13. The van der Waals surface area contributed by atoms with Gasteiger partial charge in [-0.25, -0.2) is 4.98 Å². The van der Waals surface area contributed by atoms with Crippen molar-refractivity contribution >= 4 is 27.3 Å². The fraction of sp³-hybridized carbons (Fsp3) is 0.0952. The Kier molecular flexibility index (Phi) is 3.87. The van der Waals surface area contributed by atoms with Crippen LogP contribution in [0.5, 0.6) is 0 Å². The van der Waals surface area contributed by atoms with Crippen LogP contribution in [0.4, 0.5) is 0 Å². The molecule has 1 aliphatic rings. The van der Waals surface area contributed by atoms with Crippen LogP contribution < -0.4 is 0 Å². The second-order valence-electron chi connectivity index (χ2n) is 5.93. The zero-order chi connectivity index (χ0) is 16.5. The fourth-order valence-corrected chi connectivity index (χ4v) is 4.28. The summed E-state index contributed by atoms with van der Waals surface area (Å²) in [5.41, 5.74) is 4.04. The molecule has 2 nitrogen and oxygen atoms in total. The van der Waals surface area contributed by atoms with Gasteiger partial charge in [0.15, 0.2) is 0 Å². The normalized spacial score (nSPS) is 17.9. The predicted octanol–water partition coefficient (Wildman–Crippen LogP) is 4.67. The molecule has 118 valence electrons. The zero-order valence-corrected chi connectivity index (χ0v) is 14.2. The van der Waals surface area contributed by atoms with E-state index in [2.05, 4.69) is 12.1 Å². The number of allylic oxidation sites excluding steroid dienone is 2. The fourth-order valence-electron chi connectivity index (χ4n) is 2.92. The lowest BCUT2D eigenvalue weighted by Crippen LogP contribution is -2.13. The molecule has 3 aromatic rings. The highest BCUT2D eigenvalue weighted by atomic mass is 32.2. The Morgan fingerprint density at radius 2 is 1.75 bits per heavy atom. The van der Waals surface area contributed by atoms with E-state index in [1.54, 1.807) is 0 Å². The molecule has 1 aromatic heterocycles. The lowest BCUT2D eigenvalue weighted by Gasteiger charge is -2.14. The van der Waals surface area contributed by atoms with Gasteiger partial charge in [0.2, 0.25) is 0 Å². The molecule has 0 radical (unpaired) electrons. The van der Waals surface area contributed by atoms with E-state index in [0.717, 1.165) is 27.1 Å². The highest BCUT2D eigenvalue weighted by Crippen LogP contribution is 2.30. The molecule has 0 fully saturated rings. The van der Waals surface area contributed by atoms with E-state index in [-0.39, 0.29) is 5.25 Å². The summed E-state index contributed by atoms with van der Waals surface area (Å²) in [6.07, 6.45) is 6.00. The van der Waals surface area contributed by atoms with Gasteiger partial charge in [0.25, 0.3) is 0 Å². The molecule has 0 saturated carbocycles. The number of nitrogens with zero attached hydrogens (tertiary/aromatic N) is 1. The van der Waals surface area contributed by atoms with E-state index >= 15 is 0 Å². The van der Waals surface area contributed by atoms with E-state index in [1.807, 2.05) is 73.7 Å². The summed E-state index contributed by atoms with van der Waals surface area (Å²) in [6.45, 7) is 2.03. The second-order valence-corrected chi connectivity index (χ2v) is 7.50. The number of aryl methyl sites for hydroxylation is 1. The average Bonchev–Trinajstić information content (AvgIpc) is 3.11. The molecule has 2 unspecified atom stereocenters. The van der Waals surface area contributed by atoms with Crippen LogP contribution in [0, 0.1) is 6.92 Å². The van der Waals surface area contributed by atoms with Crippen LogP contribution in [-0.2, 0) is 10.8 Å². The quantitative estimate of drug-likeness (QED) is 0.698. The van der Waals surface area contributed by atoms with E-state index in [0.29, 0.717) is 0 Å². The molecule has 4 rings (SSSR count). The summed E-state index contributed by atoms with van der Waals surface area (Å²) in [7, 11) is -1.13. The van der Waals surface area contributed by atoms with Crippen molar-refractivity contribution in [2.75, 3.05) is 0 Å². The molecular formula is C21H17NOS. The van der Waals surface area contributed by atoms with Gasteiger partial charge in [-0.1, -0.05) is 60.2 Å². The molecule has 1 aliphatic carbocycles. The van der Waals surface area contributed by atoms with Crippen molar-refractivity contribution in [2.45, 2.75) is 17.1 Å². The molecule has 1 heterocycles. The van der Waals surface area contributed by atoms with Gasteiger partial charge in [0, 0.05) is 10.3 Å². The van der Waals surface area contributed by atoms with Crippen LogP contribution >= 0.6 is 0 Å². The maximum atomic E-state index is 13.0.